The molecule has 1 rings (SSSR count). The number of rotatable bonds is 2. The molecule has 13 heavy (non-hydrogen) atoms. The molecule has 0 radical (unpaired) electrons. The summed E-state index contributed by atoms with van der Waals surface area (Å²) in [5.41, 5.74) is 0.863. The molecule has 0 bridgehead atoms. The Morgan fingerprint density at radius 3 is 3.08 bits per heavy atom. The Bertz CT molecular complexity index is 301. The number of carbonyl (C=O) groups excluding carboxylic acids is 1. The third-order valence-corrected chi connectivity index (χ3v) is 2.66. The number of amidine groups is 1. The quantitative estimate of drug-likeness (QED) is 0.687. The molecule has 1 heterocycles. The predicted molar refractivity (Wildman–Crippen MR) is 55.0 cm³/mol. The first-order valence-electron chi connectivity index (χ1n) is 4.54. The Kier molecular flexibility index (Phi) is 2.63. The van der Waals surface area contributed by atoms with Gasteiger partial charge in [-0.05, 0) is 12.8 Å². The molecule has 1 aliphatic rings. The van der Waals surface area contributed by atoms with E-state index < -0.39 is 0 Å². The molecule has 1 N–H and O–H groups in total. The summed E-state index contributed by atoms with van der Waals surface area (Å²) in [5.74, 6) is 0.508. The van der Waals surface area contributed by atoms with Crippen molar-refractivity contribution in [3.63, 3.8) is 0 Å². The van der Waals surface area contributed by atoms with Gasteiger partial charge in [0.05, 0.1) is 5.75 Å². The maximum atomic E-state index is 11.3. The summed E-state index contributed by atoms with van der Waals surface area (Å²) in [4.78, 5) is 11.3. The molecule has 1 fully saturated rings. The molecule has 0 saturated carbocycles. The number of hydrogen-bond acceptors (Lipinski definition) is 4. The van der Waals surface area contributed by atoms with E-state index in [-0.39, 0.29) is 5.91 Å². The Morgan fingerprint density at radius 1 is 1.85 bits per heavy atom. The number of hydrazone groups is 1. The van der Waals surface area contributed by atoms with Crippen molar-refractivity contribution in [2.24, 2.45) is 11.0 Å². The normalized spacial score (nSPS) is 23.2. The molecule has 1 aliphatic heterocycles. The van der Waals surface area contributed by atoms with Crippen LogP contribution in [0.25, 0.3) is 0 Å². The van der Waals surface area contributed by atoms with Crippen LogP contribution >= 0.6 is 11.8 Å². The van der Waals surface area contributed by atoms with Crippen LogP contribution in [0.3, 0.4) is 0 Å². The highest BCUT2D eigenvalue weighted by molar-refractivity contribution is 8.14. The van der Waals surface area contributed by atoms with Gasteiger partial charge in [0.2, 0.25) is 0 Å². The summed E-state index contributed by atoms with van der Waals surface area (Å²) < 4.78 is 6.88. The number of carbonyl (C=O) groups is 1. The highest BCUT2D eigenvalue weighted by Gasteiger charge is 2.26. The van der Waals surface area contributed by atoms with Gasteiger partial charge >= 0.3 is 0 Å². The van der Waals surface area contributed by atoms with Crippen LogP contribution in [0.15, 0.2) is 5.10 Å². The third kappa shape index (κ3) is 2.30. The highest BCUT2D eigenvalue weighted by atomic mass is 32.2. The first-order chi connectivity index (χ1) is 6.56. The van der Waals surface area contributed by atoms with Gasteiger partial charge in [-0.25, -0.2) is 0 Å². The molecule has 1 amide bonds. The molecule has 0 aromatic carbocycles. The van der Waals surface area contributed by atoms with E-state index in [0.29, 0.717) is 16.8 Å². The second-order valence-electron chi connectivity index (χ2n) is 3.17. The van der Waals surface area contributed by atoms with Crippen molar-refractivity contribution in [1.29, 1.82) is 5.40 Å². The fourth-order valence-electron chi connectivity index (χ4n) is 0.727. The lowest BCUT2D eigenvalue weighted by Crippen LogP contribution is -2.25. The summed E-state index contributed by atoms with van der Waals surface area (Å²) >= 11 is 1.24. The molecular weight excluding hydrogens is 186 g/mol. The molecule has 0 spiro atoms. The summed E-state index contributed by atoms with van der Waals surface area (Å²) in [7, 11) is 0. The van der Waals surface area contributed by atoms with E-state index in [0.717, 1.165) is 5.71 Å². The monoisotopic (exact) mass is 200 g/mol. The van der Waals surface area contributed by atoms with Gasteiger partial charge < -0.3 is 0 Å². The standard InChI is InChI=1S/C8H13N3OS/c1-5(2)6(3)10-11-7(12)4-13-8(11)9/h5,9H,4H2,1-3H3/b9-8?,10-6+/i/hD. The number of thioether (sulfide) groups is 1. The molecule has 0 atom stereocenters. The van der Waals surface area contributed by atoms with Crippen LogP contribution in [0.4, 0.5) is 0 Å². The van der Waals surface area contributed by atoms with Crippen LogP contribution in [-0.4, -0.2) is 27.5 Å². The molecule has 0 aromatic rings. The van der Waals surface area contributed by atoms with E-state index in [9.17, 15) is 4.79 Å². The summed E-state index contributed by atoms with van der Waals surface area (Å²) in [6.07, 6.45) is 0. The van der Waals surface area contributed by atoms with Gasteiger partial charge in [0.25, 0.3) is 5.91 Å². The first-order valence-corrected chi connectivity index (χ1v) is 5.07. The van der Waals surface area contributed by atoms with Crippen LogP contribution in [0.2, 0.25) is 1.41 Å². The smallest absolute Gasteiger partial charge is 0.259 e. The maximum Gasteiger partial charge on any atom is 0.259 e. The van der Waals surface area contributed by atoms with Gasteiger partial charge in [-0.2, -0.15) is 10.1 Å². The van der Waals surface area contributed by atoms with E-state index in [1.807, 2.05) is 20.8 Å². The second kappa shape index (κ2) is 3.91. The Hall–Kier alpha value is -0.840. The molecule has 0 unspecified atom stereocenters. The van der Waals surface area contributed by atoms with Crippen molar-refractivity contribution in [1.82, 2.24) is 5.01 Å². The summed E-state index contributed by atoms with van der Waals surface area (Å²) in [6.45, 7) is 5.87. The van der Waals surface area contributed by atoms with Crippen molar-refractivity contribution in [3.8, 4) is 0 Å². The number of nitrogens with one attached hydrogen (secondary N) is 1. The Labute approximate surface area is 83.3 Å². The minimum atomic E-state index is -0.110. The van der Waals surface area contributed by atoms with Gasteiger partial charge in [0.15, 0.2) is 6.58 Å². The van der Waals surface area contributed by atoms with Crippen molar-refractivity contribution in [2.45, 2.75) is 20.8 Å². The SMILES string of the molecule is [2H]N=C1SCC(=O)N1/N=C(\C)C(C)C. The van der Waals surface area contributed by atoms with Gasteiger partial charge in [-0.15, -0.1) is 0 Å². The van der Waals surface area contributed by atoms with Gasteiger partial charge in [-0.1, -0.05) is 25.6 Å². The van der Waals surface area contributed by atoms with E-state index in [4.69, 9.17) is 1.41 Å². The van der Waals surface area contributed by atoms with Crippen molar-refractivity contribution in [3.05, 3.63) is 0 Å². The Morgan fingerprint density at radius 2 is 2.54 bits per heavy atom. The predicted octanol–water partition coefficient (Wildman–Crippen LogP) is 1.53. The average Bonchev–Trinajstić information content (AvgIpc) is 2.47. The van der Waals surface area contributed by atoms with Crippen LogP contribution < -0.4 is 0 Å². The minimum absolute atomic E-state index is 0.110. The topological polar surface area (TPSA) is 56.5 Å². The number of hydrogen-bond donors (Lipinski definition) is 1. The van der Waals surface area contributed by atoms with Gasteiger partial charge in [0, 0.05) is 5.71 Å². The lowest BCUT2D eigenvalue weighted by molar-refractivity contribution is -0.124. The van der Waals surface area contributed by atoms with Crippen LogP contribution in [0.5, 0.6) is 0 Å². The molecule has 0 aliphatic carbocycles. The van der Waals surface area contributed by atoms with Gasteiger partial charge in [0.1, 0.15) is 0 Å². The molecule has 1 saturated heterocycles. The van der Waals surface area contributed by atoms with Crippen molar-refractivity contribution in [2.75, 3.05) is 5.75 Å². The van der Waals surface area contributed by atoms with Crippen LogP contribution in [0, 0.1) is 11.3 Å². The molecule has 5 heteroatoms. The minimum Gasteiger partial charge on any atom is -0.277 e. The fourth-order valence-corrected chi connectivity index (χ4v) is 1.37. The van der Waals surface area contributed by atoms with Gasteiger partial charge in [-0.3, -0.25) is 10.2 Å². The molecule has 0 aromatic heterocycles. The largest absolute Gasteiger partial charge is 0.277 e. The van der Waals surface area contributed by atoms with Crippen LogP contribution in [-0.2, 0) is 4.79 Å². The second-order valence-corrected chi connectivity index (χ2v) is 4.12. The van der Waals surface area contributed by atoms with Crippen molar-refractivity contribution < 1.29 is 6.21 Å². The van der Waals surface area contributed by atoms with E-state index in [1.54, 1.807) is 0 Å². The third-order valence-electron chi connectivity index (χ3n) is 1.84. The average molecular weight is 200 g/mol. The zero-order valence-corrected chi connectivity index (χ0v) is 8.76. The fraction of sp³-hybridized carbons (Fsp3) is 0.625. The van der Waals surface area contributed by atoms with E-state index >= 15 is 0 Å². The maximum absolute atomic E-state index is 11.3. The molecule has 72 valence electrons. The lowest BCUT2D eigenvalue weighted by Gasteiger charge is -2.11. The zero-order chi connectivity index (χ0) is 10.7. The number of amides is 1. The van der Waals surface area contributed by atoms with Crippen molar-refractivity contribution >= 4 is 28.5 Å². The summed E-state index contributed by atoms with van der Waals surface area (Å²) in [6, 6.07) is 0. The van der Waals surface area contributed by atoms with E-state index in [2.05, 4.69) is 10.5 Å². The first kappa shape index (κ1) is 8.74. The zero-order valence-electron chi connectivity index (χ0n) is 8.94. The summed E-state index contributed by atoms with van der Waals surface area (Å²) in [5, 5.41) is 8.97. The molecule has 4 nitrogen and oxygen atoms in total. The van der Waals surface area contributed by atoms with E-state index in [1.165, 1.54) is 16.8 Å². The number of nitrogens with zero attached hydrogens (tertiary/aromatic N) is 2. The van der Waals surface area contributed by atoms with Crippen LogP contribution in [0.1, 0.15) is 20.8 Å². The Balaban J connectivity index is 2.86. The lowest BCUT2D eigenvalue weighted by atomic mass is 10.1. The highest BCUT2D eigenvalue weighted by Crippen LogP contribution is 2.18. The molecular formula is C8H13N3OS.